The molecule has 1 fully saturated rings. The molecule has 1 aromatic heterocycles. The van der Waals surface area contributed by atoms with Gasteiger partial charge < -0.3 is 14.5 Å². The highest BCUT2D eigenvalue weighted by molar-refractivity contribution is 8.13. The average molecular weight is 493 g/mol. The number of aromatic nitrogens is 2. The van der Waals surface area contributed by atoms with E-state index in [1.165, 1.54) is 30.2 Å². The van der Waals surface area contributed by atoms with Gasteiger partial charge in [0.05, 0.1) is 16.1 Å². The van der Waals surface area contributed by atoms with Crippen LogP contribution in [0.25, 0.3) is 0 Å². The van der Waals surface area contributed by atoms with Crippen molar-refractivity contribution in [2.75, 3.05) is 36.5 Å². The topological polar surface area (TPSA) is 92.7 Å². The Labute approximate surface area is 196 Å². The summed E-state index contributed by atoms with van der Waals surface area (Å²) in [6.45, 7) is 5.35. The van der Waals surface area contributed by atoms with Crippen molar-refractivity contribution >= 4 is 38.3 Å². The third-order valence-electron chi connectivity index (χ3n) is 5.67. The molecule has 0 radical (unpaired) electrons. The van der Waals surface area contributed by atoms with E-state index in [4.69, 9.17) is 4.74 Å². The molecule has 11 heteroatoms. The summed E-state index contributed by atoms with van der Waals surface area (Å²) in [5.41, 5.74) is 1.05. The Bertz CT molecular complexity index is 1170. The van der Waals surface area contributed by atoms with Crippen LogP contribution in [0.5, 0.6) is 5.88 Å². The highest BCUT2D eigenvalue weighted by Crippen LogP contribution is 2.38. The van der Waals surface area contributed by atoms with Gasteiger partial charge in [-0.3, -0.25) is 4.79 Å². The highest BCUT2D eigenvalue weighted by atomic mass is 32.2. The molecule has 3 heterocycles. The SMILES string of the molecule is C=CCSC(=O)N1CCC(Oc2ncnc3c2CCN3c2ccc(S(C)(=O)=O)cc2F)CC1. The smallest absolute Gasteiger partial charge is 0.281 e. The lowest BCUT2D eigenvalue weighted by Crippen LogP contribution is -2.40. The molecule has 176 valence electrons. The quantitative estimate of drug-likeness (QED) is 0.565. The summed E-state index contributed by atoms with van der Waals surface area (Å²) >= 11 is 1.24. The number of rotatable bonds is 6. The third-order valence-corrected chi connectivity index (χ3v) is 7.68. The van der Waals surface area contributed by atoms with Gasteiger partial charge in [-0.2, -0.15) is 0 Å². The van der Waals surface area contributed by atoms with E-state index in [1.54, 1.807) is 11.0 Å². The molecule has 1 amide bonds. The van der Waals surface area contributed by atoms with Gasteiger partial charge in [0.2, 0.25) is 5.88 Å². The van der Waals surface area contributed by atoms with Gasteiger partial charge in [0.25, 0.3) is 5.24 Å². The number of amides is 1. The zero-order chi connectivity index (χ0) is 23.6. The van der Waals surface area contributed by atoms with Crippen LogP contribution in [0.1, 0.15) is 18.4 Å². The number of anilines is 2. The van der Waals surface area contributed by atoms with Crippen molar-refractivity contribution in [3.05, 3.63) is 48.6 Å². The second kappa shape index (κ2) is 9.68. The number of hydrogen-bond acceptors (Lipinski definition) is 8. The van der Waals surface area contributed by atoms with Crippen LogP contribution < -0.4 is 9.64 Å². The van der Waals surface area contributed by atoms with Gasteiger partial charge in [-0.05, 0) is 24.6 Å². The van der Waals surface area contributed by atoms with E-state index in [1.807, 2.05) is 4.90 Å². The van der Waals surface area contributed by atoms with E-state index in [0.29, 0.717) is 56.3 Å². The molecule has 1 aromatic carbocycles. The highest BCUT2D eigenvalue weighted by Gasteiger charge is 2.30. The van der Waals surface area contributed by atoms with Gasteiger partial charge in [-0.1, -0.05) is 17.8 Å². The number of carbonyl (C=O) groups excluding carboxylic acids is 1. The molecular formula is C22H25FN4O4S2. The summed E-state index contributed by atoms with van der Waals surface area (Å²) in [4.78, 5) is 24.3. The van der Waals surface area contributed by atoms with Crippen molar-refractivity contribution in [3.8, 4) is 5.88 Å². The molecule has 0 saturated carbocycles. The van der Waals surface area contributed by atoms with E-state index < -0.39 is 15.7 Å². The van der Waals surface area contributed by atoms with Crippen LogP contribution >= 0.6 is 11.8 Å². The van der Waals surface area contributed by atoms with Gasteiger partial charge in [-0.25, -0.2) is 22.8 Å². The lowest BCUT2D eigenvalue weighted by atomic mass is 10.1. The Hall–Kier alpha value is -2.66. The number of hydrogen-bond donors (Lipinski definition) is 0. The Balaban J connectivity index is 1.46. The lowest BCUT2D eigenvalue weighted by molar-refractivity contribution is 0.114. The predicted octanol–water partition coefficient (Wildman–Crippen LogP) is 3.60. The molecule has 33 heavy (non-hydrogen) atoms. The summed E-state index contributed by atoms with van der Waals surface area (Å²) in [7, 11) is -3.50. The van der Waals surface area contributed by atoms with Crippen molar-refractivity contribution < 1.29 is 22.3 Å². The summed E-state index contributed by atoms with van der Waals surface area (Å²) in [6.07, 6.45) is 6.05. The largest absolute Gasteiger partial charge is 0.474 e. The van der Waals surface area contributed by atoms with E-state index in [-0.39, 0.29) is 21.9 Å². The fourth-order valence-corrected chi connectivity index (χ4v) is 5.24. The fourth-order valence-electron chi connectivity index (χ4n) is 3.98. The number of benzene rings is 1. The molecule has 0 N–H and O–H groups in total. The van der Waals surface area contributed by atoms with Crippen LogP contribution in [0, 0.1) is 5.82 Å². The minimum Gasteiger partial charge on any atom is -0.474 e. The maximum absolute atomic E-state index is 14.8. The third kappa shape index (κ3) is 5.14. The summed E-state index contributed by atoms with van der Waals surface area (Å²) in [5.74, 6) is 0.996. The van der Waals surface area contributed by atoms with E-state index >= 15 is 0 Å². The van der Waals surface area contributed by atoms with Gasteiger partial charge in [0, 0.05) is 44.5 Å². The van der Waals surface area contributed by atoms with Crippen molar-refractivity contribution in [2.45, 2.75) is 30.3 Å². The molecule has 1 saturated heterocycles. The number of fused-ring (bicyclic) bond motifs is 1. The van der Waals surface area contributed by atoms with E-state index in [9.17, 15) is 17.6 Å². The molecule has 8 nitrogen and oxygen atoms in total. The molecule has 0 unspecified atom stereocenters. The summed E-state index contributed by atoms with van der Waals surface area (Å²) in [5, 5.41) is 0.0517. The van der Waals surface area contributed by atoms with Gasteiger partial charge in [0.15, 0.2) is 9.84 Å². The number of ether oxygens (including phenoxy) is 1. The Morgan fingerprint density at radius 2 is 2.06 bits per heavy atom. The van der Waals surface area contributed by atoms with E-state index in [0.717, 1.165) is 17.9 Å². The number of thioether (sulfide) groups is 1. The first-order valence-corrected chi connectivity index (χ1v) is 13.5. The van der Waals surface area contributed by atoms with Gasteiger partial charge >= 0.3 is 0 Å². The molecule has 2 aromatic rings. The van der Waals surface area contributed by atoms with Crippen molar-refractivity contribution in [2.24, 2.45) is 0 Å². The van der Waals surface area contributed by atoms with E-state index in [2.05, 4.69) is 16.5 Å². The average Bonchev–Trinajstić information content (AvgIpc) is 3.22. The van der Waals surface area contributed by atoms with Crippen molar-refractivity contribution in [1.82, 2.24) is 14.9 Å². The number of piperidine rings is 1. The van der Waals surface area contributed by atoms with Crippen LogP contribution in [-0.4, -0.2) is 66.3 Å². The molecule has 4 rings (SSSR count). The number of sulfone groups is 1. The summed E-state index contributed by atoms with van der Waals surface area (Å²) < 4.78 is 44.4. The van der Waals surface area contributed by atoms with Crippen molar-refractivity contribution in [3.63, 3.8) is 0 Å². The van der Waals surface area contributed by atoms with Crippen LogP contribution in [0.4, 0.5) is 20.7 Å². The predicted molar refractivity (Wildman–Crippen MR) is 126 cm³/mol. The zero-order valence-corrected chi connectivity index (χ0v) is 19.9. The second-order valence-corrected chi connectivity index (χ2v) is 10.9. The molecule has 0 bridgehead atoms. The first kappa shape index (κ1) is 23.5. The molecule has 0 atom stereocenters. The fraction of sp³-hybridized carbons (Fsp3) is 0.409. The molecular weight excluding hydrogens is 467 g/mol. The monoisotopic (exact) mass is 492 g/mol. The minimum absolute atomic E-state index is 0.0517. The maximum atomic E-state index is 14.8. The van der Waals surface area contributed by atoms with Crippen molar-refractivity contribution in [1.29, 1.82) is 0 Å². The molecule has 0 aliphatic carbocycles. The van der Waals surface area contributed by atoms with Gasteiger partial charge in [-0.15, -0.1) is 6.58 Å². The number of likely N-dealkylation sites (tertiary alicyclic amines) is 1. The number of halogens is 1. The lowest BCUT2D eigenvalue weighted by Gasteiger charge is -2.31. The maximum Gasteiger partial charge on any atom is 0.281 e. The Kier molecular flexibility index (Phi) is 6.89. The Morgan fingerprint density at radius 1 is 1.30 bits per heavy atom. The van der Waals surface area contributed by atoms with Crippen LogP contribution in [0.2, 0.25) is 0 Å². The number of carbonyl (C=O) groups is 1. The Morgan fingerprint density at radius 3 is 2.73 bits per heavy atom. The second-order valence-electron chi connectivity index (χ2n) is 7.94. The van der Waals surface area contributed by atoms with Crippen LogP contribution in [0.3, 0.4) is 0 Å². The standard InChI is InChI=1S/C22H25FN4O4S2/c1-3-12-32-22(28)26-9-6-15(7-10-26)31-21-17-8-11-27(20(17)24-14-25-21)19-5-4-16(13-18(19)23)33(2,29)30/h3-5,13-15H,1,6-12H2,2H3. The first-order valence-electron chi connectivity index (χ1n) is 10.6. The zero-order valence-electron chi connectivity index (χ0n) is 18.2. The molecule has 0 spiro atoms. The van der Waals surface area contributed by atoms with Gasteiger partial charge in [0.1, 0.15) is 24.1 Å². The normalized spacial score (nSPS) is 16.5. The minimum atomic E-state index is -3.50. The number of nitrogens with zero attached hydrogens (tertiary/aromatic N) is 4. The molecule has 2 aliphatic heterocycles. The molecule has 2 aliphatic rings. The first-order chi connectivity index (χ1) is 15.8. The van der Waals surface area contributed by atoms with Crippen LogP contribution in [0.15, 0.2) is 42.1 Å². The van der Waals surface area contributed by atoms with Crippen LogP contribution in [-0.2, 0) is 16.3 Å². The summed E-state index contributed by atoms with van der Waals surface area (Å²) in [6, 6.07) is 3.89.